The van der Waals surface area contributed by atoms with E-state index in [2.05, 4.69) is 20.6 Å². The summed E-state index contributed by atoms with van der Waals surface area (Å²) in [6, 6.07) is 9.58. The van der Waals surface area contributed by atoms with Crippen LogP contribution in [-0.4, -0.2) is 43.8 Å². The maximum Gasteiger partial charge on any atom is 0.245 e. The topological polar surface area (TPSA) is 72.2 Å². The molecule has 2 aromatic rings. The summed E-state index contributed by atoms with van der Waals surface area (Å²) >= 11 is 1.63. The molecular formula is C18H21N5OS. The highest BCUT2D eigenvalue weighted by Gasteiger charge is 2.26. The van der Waals surface area contributed by atoms with Crippen molar-refractivity contribution in [2.75, 3.05) is 5.75 Å². The molecule has 0 unspecified atom stereocenters. The molecule has 6 nitrogen and oxygen atoms in total. The predicted molar refractivity (Wildman–Crippen MR) is 102 cm³/mol. The second-order valence-corrected chi connectivity index (χ2v) is 6.91. The van der Waals surface area contributed by atoms with Crippen LogP contribution in [0.5, 0.6) is 0 Å². The molecule has 130 valence electrons. The fourth-order valence-corrected chi connectivity index (χ4v) is 3.61. The van der Waals surface area contributed by atoms with Crippen molar-refractivity contribution in [2.45, 2.75) is 32.5 Å². The second-order valence-electron chi connectivity index (χ2n) is 5.90. The van der Waals surface area contributed by atoms with E-state index in [4.69, 9.17) is 0 Å². The molecule has 2 atom stereocenters. The highest BCUT2D eigenvalue weighted by Crippen LogP contribution is 2.23. The zero-order valence-electron chi connectivity index (χ0n) is 14.3. The van der Waals surface area contributed by atoms with Crippen molar-refractivity contribution in [3.05, 3.63) is 53.9 Å². The Labute approximate surface area is 151 Å². The largest absolute Gasteiger partial charge is 0.350 e. The number of aromatic nitrogens is 3. The number of hydrogen-bond acceptors (Lipinski definition) is 5. The number of nitrogens with zero attached hydrogens (tertiary/aromatic N) is 4. The average molecular weight is 355 g/mol. The highest BCUT2D eigenvalue weighted by atomic mass is 32.2. The zero-order chi connectivity index (χ0) is 17.6. The Morgan fingerprint density at radius 2 is 2.24 bits per heavy atom. The number of amides is 1. The number of carbonyl (C=O) groups excluding carboxylic acids is 1. The fourth-order valence-electron chi connectivity index (χ4n) is 2.56. The van der Waals surface area contributed by atoms with E-state index in [9.17, 15) is 4.79 Å². The van der Waals surface area contributed by atoms with Crippen molar-refractivity contribution in [3.8, 4) is 0 Å². The van der Waals surface area contributed by atoms with Crippen molar-refractivity contribution in [3.63, 3.8) is 0 Å². The van der Waals surface area contributed by atoms with Crippen molar-refractivity contribution in [1.29, 1.82) is 0 Å². The minimum atomic E-state index is -0.336. The van der Waals surface area contributed by atoms with Gasteiger partial charge in [0.15, 0.2) is 0 Å². The molecule has 1 amide bonds. The van der Waals surface area contributed by atoms with Crippen LogP contribution in [0.3, 0.4) is 0 Å². The van der Waals surface area contributed by atoms with Gasteiger partial charge in [-0.15, -0.1) is 16.9 Å². The van der Waals surface area contributed by atoms with E-state index >= 15 is 0 Å². The van der Waals surface area contributed by atoms with Crippen LogP contribution in [0.1, 0.15) is 25.1 Å². The smallest absolute Gasteiger partial charge is 0.245 e. The van der Waals surface area contributed by atoms with Gasteiger partial charge in [-0.3, -0.25) is 9.79 Å². The van der Waals surface area contributed by atoms with E-state index in [1.807, 2.05) is 62.5 Å². The lowest BCUT2D eigenvalue weighted by Gasteiger charge is -2.15. The van der Waals surface area contributed by atoms with Crippen LogP contribution in [-0.2, 0) is 11.3 Å². The third-order valence-electron chi connectivity index (χ3n) is 3.72. The number of hydrogen-bond donors (Lipinski definition) is 1. The van der Waals surface area contributed by atoms with E-state index in [0.717, 1.165) is 16.3 Å². The number of carbonyl (C=O) groups is 1. The van der Waals surface area contributed by atoms with Crippen LogP contribution in [0, 0.1) is 0 Å². The zero-order valence-corrected chi connectivity index (χ0v) is 15.1. The number of thioether (sulfide) groups is 1. The van der Waals surface area contributed by atoms with Crippen LogP contribution in [0.15, 0.2) is 47.6 Å². The summed E-state index contributed by atoms with van der Waals surface area (Å²) in [6.07, 6.45) is 5.67. The van der Waals surface area contributed by atoms with Gasteiger partial charge < -0.3 is 5.32 Å². The van der Waals surface area contributed by atoms with Crippen LogP contribution >= 0.6 is 11.8 Å². The van der Waals surface area contributed by atoms with Gasteiger partial charge >= 0.3 is 0 Å². The summed E-state index contributed by atoms with van der Waals surface area (Å²) in [5, 5.41) is 12.1. The monoisotopic (exact) mass is 355 g/mol. The molecule has 7 heteroatoms. The van der Waals surface area contributed by atoms with Crippen LogP contribution in [0.25, 0.3) is 6.08 Å². The first kappa shape index (κ1) is 17.4. The average Bonchev–Trinajstić information content (AvgIpc) is 3.26. The van der Waals surface area contributed by atoms with Gasteiger partial charge in [-0.2, -0.15) is 0 Å². The molecule has 0 saturated carbocycles. The molecule has 0 spiro atoms. The van der Waals surface area contributed by atoms with Crippen molar-refractivity contribution in [2.24, 2.45) is 4.99 Å². The Bertz CT molecular complexity index is 784. The van der Waals surface area contributed by atoms with Gasteiger partial charge in [0.25, 0.3) is 0 Å². The maximum atomic E-state index is 12.4. The van der Waals surface area contributed by atoms with Crippen molar-refractivity contribution < 1.29 is 4.79 Å². The first-order valence-corrected chi connectivity index (χ1v) is 9.23. The first-order chi connectivity index (χ1) is 12.2. The first-order valence-electron chi connectivity index (χ1n) is 8.25. The van der Waals surface area contributed by atoms with E-state index < -0.39 is 0 Å². The molecular weight excluding hydrogens is 334 g/mol. The Morgan fingerprint density at radius 3 is 3.00 bits per heavy atom. The molecule has 1 aliphatic rings. The second kappa shape index (κ2) is 8.11. The van der Waals surface area contributed by atoms with E-state index in [0.29, 0.717) is 12.3 Å². The van der Waals surface area contributed by atoms with Gasteiger partial charge in [0.05, 0.1) is 17.8 Å². The summed E-state index contributed by atoms with van der Waals surface area (Å²) in [5.41, 5.74) is 1.88. The van der Waals surface area contributed by atoms with E-state index in [1.165, 1.54) is 0 Å². The molecule has 1 aliphatic heterocycles. The molecule has 0 fully saturated rings. The quantitative estimate of drug-likeness (QED) is 0.863. The van der Waals surface area contributed by atoms with Crippen LogP contribution in [0.4, 0.5) is 0 Å². The molecule has 1 N–H and O–H groups in total. The van der Waals surface area contributed by atoms with Crippen LogP contribution < -0.4 is 5.32 Å². The number of rotatable bonds is 6. The number of aliphatic imine (C=N–C) groups is 1. The van der Waals surface area contributed by atoms with Gasteiger partial charge in [-0.1, -0.05) is 41.6 Å². The van der Waals surface area contributed by atoms with Gasteiger partial charge in [-0.05, 0) is 19.9 Å². The minimum Gasteiger partial charge on any atom is -0.350 e. The van der Waals surface area contributed by atoms with Crippen molar-refractivity contribution in [1.82, 2.24) is 20.3 Å². The van der Waals surface area contributed by atoms with E-state index in [1.54, 1.807) is 16.4 Å². The standard InChI is InChI=1S/C18H21N5OS/c1-3-7-15-11-23(22-21-15)10-13(2)19-17(24)16-12-25-18(20-16)14-8-5-4-6-9-14/h3-9,11,13,16H,10,12H2,1-2H3,(H,19,24)/b7-3+/t13-,16+/m1/s1. The molecule has 0 bridgehead atoms. The number of benzene rings is 1. The molecule has 0 saturated heterocycles. The number of nitrogens with one attached hydrogen (secondary N) is 1. The van der Waals surface area contributed by atoms with Gasteiger partial charge in [0.2, 0.25) is 5.91 Å². The Balaban J connectivity index is 1.55. The predicted octanol–water partition coefficient (Wildman–Crippen LogP) is 2.38. The maximum absolute atomic E-state index is 12.4. The summed E-state index contributed by atoms with van der Waals surface area (Å²) in [4.78, 5) is 17.0. The molecule has 3 rings (SSSR count). The Morgan fingerprint density at radius 1 is 1.44 bits per heavy atom. The highest BCUT2D eigenvalue weighted by molar-refractivity contribution is 8.14. The molecule has 2 heterocycles. The summed E-state index contributed by atoms with van der Waals surface area (Å²) < 4.78 is 1.74. The molecule has 1 aromatic carbocycles. The molecule has 1 aromatic heterocycles. The lowest BCUT2D eigenvalue weighted by atomic mass is 10.2. The summed E-state index contributed by atoms with van der Waals surface area (Å²) in [6.45, 7) is 4.47. The van der Waals surface area contributed by atoms with Gasteiger partial charge in [0, 0.05) is 17.4 Å². The summed E-state index contributed by atoms with van der Waals surface area (Å²) in [5.74, 6) is 0.636. The van der Waals surface area contributed by atoms with Gasteiger partial charge in [-0.25, -0.2) is 4.68 Å². The van der Waals surface area contributed by atoms with Crippen molar-refractivity contribution >= 4 is 28.8 Å². The molecule has 0 aliphatic carbocycles. The minimum absolute atomic E-state index is 0.0419. The lowest BCUT2D eigenvalue weighted by Crippen LogP contribution is -2.41. The SMILES string of the molecule is C/C=C/c1cn(C[C@@H](C)NC(=O)[C@@H]2CSC(c3ccccc3)=N2)nn1. The number of allylic oxidation sites excluding steroid dienone is 1. The van der Waals surface area contributed by atoms with Crippen LogP contribution in [0.2, 0.25) is 0 Å². The van der Waals surface area contributed by atoms with E-state index in [-0.39, 0.29) is 18.0 Å². The normalized spacial score (nSPS) is 18.3. The fraction of sp³-hybridized carbons (Fsp3) is 0.333. The molecule has 25 heavy (non-hydrogen) atoms. The Hall–Kier alpha value is -2.41. The summed E-state index contributed by atoms with van der Waals surface area (Å²) in [7, 11) is 0. The third kappa shape index (κ3) is 4.57. The third-order valence-corrected chi connectivity index (χ3v) is 4.81. The lowest BCUT2D eigenvalue weighted by molar-refractivity contribution is -0.122. The van der Waals surface area contributed by atoms with Gasteiger partial charge in [0.1, 0.15) is 11.7 Å². The Kier molecular flexibility index (Phi) is 5.65. The molecule has 0 radical (unpaired) electrons.